The Labute approximate surface area is 270 Å². The monoisotopic (exact) mass is 650 g/mol. The number of phenolic OH excluding ortho intramolecular Hbond substituents is 2. The van der Waals surface area contributed by atoms with Crippen LogP contribution < -0.4 is 52.5 Å². The number of aromatic amines is 1. The number of phenols is 2. The number of aromatic hydroxyl groups is 2. The summed E-state index contributed by atoms with van der Waals surface area (Å²) >= 11 is 0. The number of rotatable bonds is 16. The molecule has 3 rings (SSSR count). The van der Waals surface area contributed by atoms with Crippen molar-refractivity contribution in [2.45, 2.75) is 70.4 Å². The highest BCUT2D eigenvalue weighted by Gasteiger charge is 2.18. The van der Waals surface area contributed by atoms with Crippen molar-refractivity contribution in [3.05, 3.63) is 87.1 Å². The number of unbranched alkanes of at least 4 members (excludes halogenated alkanes) is 2. The Hall–Kier alpha value is -3.64. The summed E-state index contributed by atoms with van der Waals surface area (Å²) in [7, 11) is 0. The molecule has 0 aliphatic rings. The molecule has 1 heterocycles. The fraction of sp³-hybridized carbons (Fsp3) is 0.419. The van der Waals surface area contributed by atoms with Gasteiger partial charge in [0.1, 0.15) is 17.2 Å². The Balaban J connectivity index is 0.00000484. The van der Waals surface area contributed by atoms with Gasteiger partial charge in [0.25, 0.3) is 17.4 Å². The second kappa shape index (κ2) is 19.6. The van der Waals surface area contributed by atoms with Crippen molar-refractivity contribution in [3.8, 4) is 11.5 Å². The van der Waals surface area contributed by atoms with Crippen molar-refractivity contribution < 1.29 is 56.1 Å². The Morgan fingerprint density at radius 1 is 0.773 bits per heavy atom. The summed E-state index contributed by atoms with van der Waals surface area (Å²) in [5.74, 6) is 0.139. The van der Waals surface area contributed by atoms with Gasteiger partial charge in [-0.1, -0.05) is 24.3 Å². The molecule has 3 aromatic rings. The van der Waals surface area contributed by atoms with Crippen LogP contribution in [-0.4, -0.2) is 57.2 Å². The van der Waals surface area contributed by atoms with Gasteiger partial charge in [-0.2, -0.15) is 0 Å². The number of hydrogen-bond acceptors (Lipinski definition) is 6. The van der Waals surface area contributed by atoms with Gasteiger partial charge >= 0.3 is 0 Å². The number of hydrogen-bond donors (Lipinski definition) is 7. The van der Waals surface area contributed by atoms with Crippen molar-refractivity contribution in [2.24, 2.45) is 0 Å². The van der Waals surface area contributed by atoms with E-state index in [4.69, 9.17) is 0 Å². The van der Waals surface area contributed by atoms with Crippen LogP contribution in [0.15, 0.2) is 53.3 Å². The average molecular weight is 652 g/mol. The molecule has 0 saturated heterocycles. The lowest BCUT2D eigenvalue weighted by atomic mass is 10.1. The van der Waals surface area contributed by atoms with Crippen LogP contribution in [0.1, 0.15) is 53.9 Å². The van der Waals surface area contributed by atoms with E-state index in [9.17, 15) is 24.6 Å². The number of nitrogens with one attached hydrogen (secondary N) is 3. The van der Waals surface area contributed by atoms with Gasteiger partial charge in [0.15, 0.2) is 12.1 Å². The SMILES string of the molecule is Cc1nc(CCCCNC(=O)C([NH3+])Cc2ccc(O)cc2)c(=O)[nH]c1CCCCNC(=O)C([NH3+])Cc1ccc(O)cc1.[Cl-].[Cl-]. The Bertz CT molecular complexity index is 1370. The molecule has 242 valence electrons. The highest BCUT2D eigenvalue weighted by molar-refractivity contribution is 5.80. The molecular formula is C31H44Cl2N6O5. The third-order valence-electron chi connectivity index (χ3n) is 7.14. The molecule has 0 aliphatic carbocycles. The number of quaternary nitrogens is 2. The Morgan fingerprint density at radius 3 is 1.66 bits per heavy atom. The molecule has 2 atom stereocenters. The van der Waals surface area contributed by atoms with Crippen LogP contribution in [0, 0.1) is 6.92 Å². The summed E-state index contributed by atoms with van der Waals surface area (Å²) in [5, 5.41) is 24.6. The molecule has 13 heteroatoms. The van der Waals surface area contributed by atoms with Crippen LogP contribution in [0.4, 0.5) is 0 Å². The molecule has 1 aromatic heterocycles. The maximum Gasteiger partial charge on any atom is 0.278 e. The summed E-state index contributed by atoms with van der Waals surface area (Å²) in [4.78, 5) is 44.7. The molecule has 0 spiro atoms. The number of nitrogens with zero attached hydrogens (tertiary/aromatic N) is 1. The lowest BCUT2D eigenvalue weighted by molar-refractivity contribution is -0.403. The molecule has 11 nitrogen and oxygen atoms in total. The van der Waals surface area contributed by atoms with E-state index in [0.717, 1.165) is 35.4 Å². The normalized spacial score (nSPS) is 11.9. The minimum Gasteiger partial charge on any atom is -1.00 e. The number of benzene rings is 2. The maximum atomic E-state index is 12.6. The van der Waals surface area contributed by atoms with E-state index in [1.54, 1.807) is 48.5 Å². The first-order valence-electron chi connectivity index (χ1n) is 14.5. The highest BCUT2D eigenvalue weighted by atomic mass is 35.5. The molecule has 0 saturated carbocycles. The van der Waals surface area contributed by atoms with Crippen LogP contribution in [0.25, 0.3) is 0 Å². The van der Waals surface area contributed by atoms with E-state index in [1.807, 2.05) is 6.92 Å². The summed E-state index contributed by atoms with van der Waals surface area (Å²) in [6.07, 6.45) is 5.16. The van der Waals surface area contributed by atoms with Gasteiger partial charge in [-0.3, -0.25) is 19.4 Å². The number of amides is 2. The van der Waals surface area contributed by atoms with Crippen LogP contribution in [-0.2, 0) is 35.3 Å². The molecule has 2 aromatic carbocycles. The first-order chi connectivity index (χ1) is 20.1. The van der Waals surface area contributed by atoms with Crippen molar-refractivity contribution in [3.63, 3.8) is 0 Å². The molecule has 0 fully saturated rings. The molecule has 0 aliphatic heterocycles. The molecule has 2 unspecified atom stereocenters. The van der Waals surface area contributed by atoms with E-state index in [0.29, 0.717) is 57.3 Å². The van der Waals surface area contributed by atoms with Gasteiger partial charge in [-0.15, -0.1) is 0 Å². The second-order valence-electron chi connectivity index (χ2n) is 10.7. The van der Waals surface area contributed by atoms with Gasteiger partial charge < -0.3 is 62.1 Å². The van der Waals surface area contributed by atoms with Gasteiger partial charge in [0, 0.05) is 31.6 Å². The maximum absolute atomic E-state index is 12.6. The van der Waals surface area contributed by atoms with Crippen LogP contribution in [0.3, 0.4) is 0 Å². The summed E-state index contributed by atoms with van der Waals surface area (Å²) in [6, 6.07) is 12.7. The zero-order chi connectivity index (χ0) is 30.5. The lowest BCUT2D eigenvalue weighted by Crippen LogP contribution is -3.00. The van der Waals surface area contributed by atoms with Crippen molar-refractivity contribution in [1.29, 1.82) is 0 Å². The zero-order valence-corrected chi connectivity index (χ0v) is 26.6. The molecule has 11 N–H and O–H groups in total. The number of carbonyl (C=O) groups is 2. The minimum atomic E-state index is -0.428. The predicted molar refractivity (Wildman–Crippen MR) is 158 cm³/mol. The van der Waals surface area contributed by atoms with E-state index >= 15 is 0 Å². The van der Waals surface area contributed by atoms with Crippen LogP contribution >= 0.6 is 0 Å². The van der Waals surface area contributed by atoms with E-state index in [-0.39, 0.29) is 53.7 Å². The lowest BCUT2D eigenvalue weighted by Gasteiger charge is -2.11. The average Bonchev–Trinajstić information content (AvgIpc) is 2.96. The predicted octanol–water partition coefficient (Wildman–Crippen LogP) is -5.92. The van der Waals surface area contributed by atoms with Crippen molar-refractivity contribution in [1.82, 2.24) is 20.6 Å². The Morgan fingerprint density at radius 2 is 1.20 bits per heavy atom. The zero-order valence-electron chi connectivity index (χ0n) is 25.1. The molecule has 44 heavy (non-hydrogen) atoms. The largest absolute Gasteiger partial charge is 1.00 e. The van der Waals surface area contributed by atoms with Gasteiger partial charge in [-0.25, -0.2) is 0 Å². The van der Waals surface area contributed by atoms with Crippen molar-refractivity contribution >= 4 is 11.8 Å². The smallest absolute Gasteiger partial charge is 0.278 e. The topological polar surface area (TPSA) is 200 Å². The van der Waals surface area contributed by atoms with E-state index < -0.39 is 12.1 Å². The Kier molecular flexibility index (Phi) is 17.1. The summed E-state index contributed by atoms with van der Waals surface area (Å²) in [5.41, 5.74) is 11.7. The number of carbonyl (C=O) groups excluding carboxylic acids is 2. The van der Waals surface area contributed by atoms with Crippen LogP contribution in [0.2, 0.25) is 0 Å². The second-order valence-corrected chi connectivity index (χ2v) is 10.7. The van der Waals surface area contributed by atoms with E-state index in [2.05, 4.69) is 32.1 Å². The van der Waals surface area contributed by atoms with Crippen molar-refractivity contribution in [2.75, 3.05) is 13.1 Å². The number of aryl methyl sites for hydroxylation is 3. The molecule has 0 radical (unpaired) electrons. The first kappa shape index (κ1) is 38.4. The molecule has 0 bridgehead atoms. The quantitative estimate of drug-likeness (QED) is 0.0753. The summed E-state index contributed by atoms with van der Waals surface area (Å²) < 4.78 is 0. The first-order valence-corrected chi connectivity index (χ1v) is 14.5. The number of aromatic nitrogens is 2. The fourth-order valence-electron chi connectivity index (χ4n) is 4.61. The van der Waals surface area contributed by atoms with Gasteiger partial charge in [0.2, 0.25) is 0 Å². The molecule has 2 amide bonds. The number of H-pyrrole nitrogens is 1. The highest BCUT2D eigenvalue weighted by Crippen LogP contribution is 2.12. The third-order valence-corrected chi connectivity index (χ3v) is 7.14. The minimum absolute atomic E-state index is 0. The third kappa shape index (κ3) is 12.9. The standard InChI is InChI=1S/C31H42N6O5.2ClH/c1-20-27(6-2-4-16-34-29(40)25(32)18-21-8-12-23(38)13-9-21)37-31(42)28(36-20)7-3-5-17-35-30(41)26(33)19-22-10-14-24(39)15-11-22;;/h8-15,25-26,38-39H,2-7,16-19,32-33H2,1H3,(H,34,40)(H,35,41)(H,37,42);2*1H. The number of halogens is 2. The van der Waals surface area contributed by atoms with Gasteiger partial charge in [0.05, 0.1) is 5.69 Å². The van der Waals surface area contributed by atoms with E-state index in [1.165, 1.54) is 0 Å². The van der Waals surface area contributed by atoms with Crippen LogP contribution in [0.5, 0.6) is 11.5 Å². The van der Waals surface area contributed by atoms with Gasteiger partial charge in [-0.05, 0) is 80.8 Å². The molecular weight excluding hydrogens is 607 g/mol. The fourth-order valence-corrected chi connectivity index (χ4v) is 4.61. The summed E-state index contributed by atoms with van der Waals surface area (Å²) in [6.45, 7) is 2.91.